The maximum Gasteiger partial charge on any atom is 0.0715 e. The summed E-state index contributed by atoms with van der Waals surface area (Å²) in [4.78, 5) is 0. The Morgan fingerprint density at radius 2 is 0.652 bits per heavy atom. The van der Waals surface area contributed by atoms with Crippen molar-refractivity contribution in [3.63, 3.8) is 0 Å². The van der Waals surface area contributed by atoms with E-state index >= 15 is 0 Å². The third kappa shape index (κ3) is 5.34. The maximum atomic E-state index is 2.50. The second kappa shape index (κ2) is 14.4. The lowest BCUT2D eigenvalue weighted by molar-refractivity contribution is 0.766. The first kappa shape index (κ1) is 38.0. The van der Waals surface area contributed by atoms with E-state index in [0.29, 0.717) is 0 Å². The van der Waals surface area contributed by atoms with Gasteiger partial charge in [0.05, 0.1) is 38.5 Å². The molecule has 0 radical (unpaired) electrons. The molecule has 0 fully saturated rings. The summed E-state index contributed by atoms with van der Waals surface area (Å²) in [6, 6.07) is 90.0. The van der Waals surface area contributed by atoms with Crippen molar-refractivity contribution in [2.75, 3.05) is 0 Å². The molecule has 14 aromatic rings. The quantitative estimate of drug-likeness (QED) is 0.159. The molecular formula is C65H42N4. The van der Waals surface area contributed by atoms with Crippen LogP contribution in [0.25, 0.3) is 99.3 Å². The van der Waals surface area contributed by atoms with E-state index in [1.165, 1.54) is 98.8 Å². The standard InChI is InChI=1S/C65H42N4/c1-5-17-45(18-6-1)65(46-19-7-2-8-20-46)57-39-49(68-59-27-15-13-25-53(59)55-37-43-33-35-66(61(43)41-63(55)68)47-21-9-3-10-22-47)29-31-51(57)52-32-30-50(40-58(52)65)69-60-28-16-14-26-54(60)56-38-44-34-36-67(62(44)42-64(56)69)48-23-11-4-12-24-48/h1-42H. The molecule has 0 saturated heterocycles. The number of aromatic nitrogens is 4. The van der Waals surface area contributed by atoms with Gasteiger partial charge in [-0.15, -0.1) is 0 Å². The van der Waals surface area contributed by atoms with Gasteiger partial charge < -0.3 is 18.3 Å². The summed E-state index contributed by atoms with van der Waals surface area (Å²) in [6.45, 7) is 0. The van der Waals surface area contributed by atoms with Gasteiger partial charge >= 0.3 is 0 Å². The van der Waals surface area contributed by atoms with Crippen molar-refractivity contribution >= 4 is 65.4 Å². The number of rotatable bonds is 6. The first-order chi connectivity index (χ1) is 34.2. The molecule has 322 valence electrons. The van der Waals surface area contributed by atoms with E-state index in [0.717, 1.165) is 22.7 Å². The van der Waals surface area contributed by atoms with Crippen molar-refractivity contribution in [1.29, 1.82) is 0 Å². The third-order valence-electron chi connectivity index (χ3n) is 15.1. The molecular weight excluding hydrogens is 837 g/mol. The third-order valence-corrected chi connectivity index (χ3v) is 15.1. The summed E-state index contributed by atoms with van der Waals surface area (Å²) < 4.78 is 9.60. The Morgan fingerprint density at radius 3 is 1.09 bits per heavy atom. The number of nitrogens with zero attached hydrogens (tertiary/aromatic N) is 4. The fourth-order valence-electron chi connectivity index (χ4n) is 12.1. The normalized spacial score (nSPS) is 13.0. The van der Waals surface area contributed by atoms with Gasteiger partial charge in [-0.3, -0.25) is 0 Å². The summed E-state index contributed by atoms with van der Waals surface area (Å²) >= 11 is 0. The first-order valence-corrected chi connectivity index (χ1v) is 23.8. The Labute approximate surface area is 398 Å². The molecule has 1 aliphatic carbocycles. The van der Waals surface area contributed by atoms with Crippen molar-refractivity contribution in [2.24, 2.45) is 0 Å². The minimum atomic E-state index is -0.638. The summed E-state index contributed by atoms with van der Waals surface area (Å²) in [5.74, 6) is 0. The molecule has 4 nitrogen and oxygen atoms in total. The summed E-state index contributed by atoms with van der Waals surface area (Å²) in [5, 5.41) is 7.42. The molecule has 10 aromatic carbocycles. The number of hydrogen-bond donors (Lipinski definition) is 0. The number of fused-ring (bicyclic) bond motifs is 11. The highest BCUT2D eigenvalue weighted by Crippen LogP contribution is 2.57. The molecule has 0 amide bonds. The van der Waals surface area contributed by atoms with Crippen LogP contribution in [0.5, 0.6) is 0 Å². The van der Waals surface area contributed by atoms with Crippen LogP contribution in [-0.2, 0) is 5.41 Å². The molecule has 1 aliphatic rings. The van der Waals surface area contributed by atoms with E-state index in [4.69, 9.17) is 0 Å². The average Bonchev–Trinajstić information content (AvgIpc) is 4.23. The van der Waals surface area contributed by atoms with Gasteiger partial charge in [0.2, 0.25) is 0 Å². The van der Waals surface area contributed by atoms with Crippen molar-refractivity contribution in [1.82, 2.24) is 18.3 Å². The van der Waals surface area contributed by atoms with Crippen LogP contribution in [0, 0.1) is 0 Å². The Bertz CT molecular complexity index is 4060. The van der Waals surface area contributed by atoms with E-state index < -0.39 is 5.41 Å². The van der Waals surface area contributed by atoms with Crippen LogP contribution in [0.4, 0.5) is 0 Å². The maximum absolute atomic E-state index is 2.50. The molecule has 4 heterocycles. The largest absolute Gasteiger partial charge is 0.316 e. The minimum Gasteiger partial charge on any atom is -0.316 e. The van der Waals surface area contributed by atoms with Gasteiger partial charge in [0, 0.05) is 67.5 Å². The van der Waals surface area contributed by atoms with Gasteiger partial charge in [0.15, 0.2) is 0 Å². The molecule has 0 unspecified atom stereocenters. The highest BCUT2D eigenvalue weighted by Gasteiger charge is 2.46. The molecule has 15 rings (SSSR count). The minimum absolute atomic E-state index is 0.638. The Balaban J connectivity index is 1.000. The molecule has 0 N–H and O–H groups in total. The van der Waals surface area contributed by atoms with Crippen LogP contribution >= 0.6 is 0 Å². The number of para-hydroxylation sites is 4. The van der Waals surface area contributed by atoms with Crippen molar-refractivity contribution in [2.45, 2.75) is 5.41 Å². The Kier molecular flexibility index (Phi) is 7.96. The molecule has 0 saturated carbocycles. The highest BCUT2D eigenvalue weighted by atomic mass is 15.0. The fourth-order valence-corrected chi connectivity index (χ4v) is 12.1. The van der Waals surface area contributed by atoms with Crippen LogP contribution in [0.3, 0.4) is 0 Å². The predicted octanol–water partition coefficient (Wildman–Crippen LogP) is 16.1. The average molecular weight is 879 g/mol. The van der Waals surface area contributed by atoms with Gasteiger partial charge in [-0.1, -0.05) is 146 Å². The molecule has 69 heavy (non-hydrogen) atoms. The lowest BCUT2D eigenvalue weighted by Gasteiger charge is -2.34. The van der Waals surface area contributed by atoms with E-state index in [-0.39, 0.29) is 0 Å². The van der Waals surface area contributed by atoms with Crippen LogP contribution < -0.4 is 0 Å². The zero-order valence-corrected chi connectivity index (χ0v) is 37.5. The smallest absolute Gasteiger partial charge is 0.0715 e. The Hall–Kier alpha value is -9.12. The van der Waals surface area contributed by atoms with E-state index in [2.05, 4.69) is 273 Å². The van der Waals surface area contributed by atoms with Crippen molar-refractivity contribution in [3.8, 4) is 33.9 Å². The fraction of sp³-hybridized carbons (Fsp3) is 0.0154. The number of benzene rings is 10. The van der Waals surface area contributed by atoms with Crippen LogP contribution in [0.15, 0.2) is 255 Å². The lowest BCUT2D eigenvalue weighted by Crippen LogP contribution is -2.28. The first-order valence-electron chi connectivity index (χ1n) is 23.8. The topological polar surface area (TPSA) is 19.7 Å². The van der Waals surface area contributed by atoms with Gasteiger partial charge in [-0.25, -0.2) is 0 Å². The van der Waals surface area contributed by atoms with Crippen LogP contribution in [-0.4, -0.2) is 18.3 Å². The molecule has 0 spiro atoms. The summed E-state index contributed by atoms with van der Waals surface area (Å²) in [6.07, 6.45) is 4.39. The van der Waals surface area contributed by atoms with Gasteiger partial charge in [0.1, 0.15) is 0 Å². The van der Waals surface area contributed by atoms with Crippen LogP contribution in [0.1, 0.15) is 22.3 Å². The van der Waals surface area contributed by atoms with Gasteiger partial charge in [-0.05, 0) is 130 Å². The van der Waals surface area contributed by atoms with E-state index in [9.17, 15) is 0 Å². The second-order valence-electron chi connectivity index (χ2n) is 18.5. The Morgan fingerprint density at radius 1 is 0.261 bits per heavy atom. The van der Waals surface area contributed by atoms with Crippen molar-refractivity contribution in [3.05, 3.63) is 277 Å². The number of hydrogen-bond acceptors (Lipinski definition) is 0. The van der Waals surface area contributed by atoms with Gasteiger partial charge in [-0.2, -0.15) is 0 Å². The SMILES string of the molecule is c1ccc(-n2ccc3cc4c5ccccc5n(-c5ccc6c(c5)C(c5ccccc5)(c5ccccc5)c5cc(-n7c8ccccc8c8cc9ccn(-c%10ccccc%10)c9cc87)ccc5-6)c4cc32)cc1. The predicted molar refractivity (Wildman–Crippen MR) is 286 cm³/mol. The van der Waals surface area contributed by atoms with Crippen LogP contribution in [0.2, 0.25) is 0 Å². The molecule has 0 atom stereocenters. The molecule has 4 aromatic heterocycles. The monoisotopic (exact) mass is 878 g/mol. The zero-order chi connectivity index (χ0) is 45.2. The summed E-state index contributed by atoms with van der Waals surface area (Å²) in [7, 11) is 0. The van der Waals surface area contributed by atoms with Gasteiger partial charge in [0.25, 0.3) is 0 Å². The molecule has 0 bridgehead atoms. The highest BCUT2D eigenvalue weighted by molar-refractivity contribution is 6.15. The van der Waals surface area contributed by atoms with E-state index in [1.807, 2.05) is 0 Å². The molecule has 4 heteroatoms. The zero-order valence-electron chi connectivity index (χ0n) is 37.5. The molecule has 0 aliphatic heterocycles. The lowest BCUT2D eigenvalue weighted by atomic mass is 9.67. The second-order valence-corrected chi connectivity index (χ2v) is 18.5. The van der Waals surface area contributed by atoms with E-state index in [1.54, 1.807) is 0 Å². The van der Waals surface area contributed by atoms with Crippen molar-refractivity contribution < 1.29 is 0 Å². The summed E-state index contributed by atoms with van der Waals surface area (Å²) in [5.41, 5.74) is 18.5.